The second kappa shape index (κ2) is 4.56. The Balaban J connectivity index is 3.28. The SMILES string of the molecule is COc1cncc(OC)c1C(N)C(F)(F)F. The first-order valence-electron chi connectivity index (χ1n) is 4.30. The normalized spacial score (nSPS) is 13.4. The Bertz CT molecular complexity index is 346. The van der Waals surface area contributed by atoms with E-state index < -0.39 is 12.2 Å². The molecule has 4 nitrogen and oxygen atoms in total. The molecule has 0 bridgehead atoms. The highest BCUT2D eigenvalue weighted by molar-refractivity contribution is 5.44. The van der Waals surface area contributed by atoms with Gasteiger partial charge in [-0.15, -0.1) is 0 Å². The number of nitrogens with two attached hydrogens (primary N) is 1. The monoisotopic (exact) mass is 236 g/mol. The number of pyridine rings is 1. The van der Waals surface area contributed by atoms with Gasteiger partial charge in [0.15, 0.2) is 0 Å². The van der Waals surface area contributed by atoms with E-state index in [1.165, 1.54) is 14.2 Å². The Kier molecular flexibility index (Phi) is 3.58. The Morgan fingerprint density at radius 2 is 1.62 bits per heavy atom. The molecule has 0 fully saturated rings. The average molecular weight is 236 g/mol. The number of hydrogen-bond acceptors (Lipinski definition) is 4. The van der Waals surface area contributed by atoms with Crippen LogP contribution in [0.15, 0.2) is 12.4 Å². The fraction of sp³-hybridized carbons (Fsp3) is 0.444. The van der Waals surface area contributed by atoms with E-state index in [-0.39, 0.29) is 17.1 Å². The Labute approximate surface area is 90.2 Å². The second-order valence-electron chi connectivity index (χ2n) is 2.98. The number of ether oxygens (including phenoxy) is 2. The van der Waals surface area contributed by atoms with Gasteiger partial charge < -0.3 is 15.2 Å². The molecular formula is C9H11F3N2O2. The maximum atomic E-state index is 12.5. The van der Waals surface area contributed by atoms with Crippen LogP contribution < -0.4 is 15.2 Å². The van der Waals surface area contributed by atoms with Gasteiger partial charge in [-0.25, -0.2) is 0 Å². The first-order chi connectivity index (χ1) is 7.41. The molecule has 0 aliphatic carbocycles. The maximum absolute atomic E-state index is 12.5. The van der Waals surface area contributed by atoms with E-state index in [1.807, 2.05) is 0 Å². The smallest absolute Gasteiger partial charge is 0.407 e. The molecule has 0 saturated carbocycles. The Hall–Kier alpha value is -1.50. The Morgan fingerprint density at radius 1 is 1.19 bits per heavy atom. The van der Waals surface area contributed by atoms with Crippen molar-refractivity contribution in [3.05, 3.63) is 18.0 Å². The fourth-order valence-corrected chi connectivity index (χ4v) is 1.23. The summed E-state index contributed by atoms with van der Waals surface area (Å²) in [6.07, 6.45) is -2.26. The van der Waals surface area contributed by atoms with Gasteiger partial charge in [0.05, 0.1) is 32.2 Å². The largest absolute Gasteiger partial charge is 0.495 e. The van der Waals surface area contributed by atoms with E-state index in [1.54, 1.807) is 0 Å². The van der Waals surface area contributed by atoms with E-state index in [9.17, 15) is 13.2 Å². The number of halogens is 3. The summed E-state index contributed by atoms with van der Waals surface area (Å²) >= 11 is 0. The van der Waals surface area contributed by atoms with Crippen LogP contribution in [-0.4, -0.2) is 25.4 Å². The fourth-order valence-electron chi connectivity index (χ4n) is 1.23. The highest BCUT2D eigenvalue weighted by Crippen LogP contribution is 2.39. The molecule has 1 aromatic rings. The van der Waals surface area contributed by atoms with Gasteiger partial charge in [0.25, 0.3) is 0 Å². The first-order valence-corrected chi connectivity index (χ1v) is 4.30. The molecule has 0 aliphatic rings. The average Bonchev–Trinajstić information content (AvgIpc) is 2.25. The van der Waals surface area contributed by atoms with Crippen molar-refractivity contribution in [2.45, 2.75) is 12.2 Å². The third-order valence-electron chi connectivity index (χ3n) is 2.02. The van der Waals surface area contributed by atoms with E-state index in [2.05, 4.69) is 4.98 Å². The molecule has 2 N–H and O–H groups in total. The van der Waals surface area contributed by atoms with Crippen molar-refractivity contribution in [2.24, 2.45) is 5.73 Å². The quantitative estimate of drug-likeness (QED) is 0.867. The van der Waals surface area contributed by atoms with Crippen LogP contribution in [-0.2, 0) is 0 Å². The summed E-state index contributed by atoms with van der Waals surface area (Å²) in [7, 11) is 2.48. The van der Waals surface area contributed by atoms with Crippen molar-refractivity contribution in [3.8, 4) is 11.5 Å². The number of nitrogens with zero attached hydrogens (tertiary/aromatic N) is 1. The van der Waals surface area contributed by atoms with Gasteiger partial charge in [0.1, 0.15) is 17.5 Å². The minimum absolute atomic E-state index is 0.0517. The van der Waals surface area contributed by atoms with Crippen LogP contribution in [0.25, 0.3) is 0 Å². The van der Waals surface area contributed by atoms with Crippen LogP contribution in [0.3, 0.4) is 0 Å². The van der Waals surface area contributed by atoms with Crippen LogP contribution in [0.4, 0.5) is 13.2 Å². The van der Waals surface area contributed by atoms with E-state index in [0.717, 1.165) is 12.4 Å². The number of hydrogen-bond donors (Lipinski definition) is 1. The highest BCUT2D eigenvalue weighted by atomic mass is 19.4. The minimum Gasteiger partial charge on any atom is -0.495 e. The number of alkyl halides is 3. The van der Waals surface area contributed by atoms with Crippen molar-refractivity contribution < 1.29 is 22.6 Å². The molecule has 90 valence electrons. The van der Waals surface area contributed by atoms with Crippen molar-refractivity contribution >= 4 is 0 Å². The van der Waals surface area contributed by atoms with E-state index >= 15 is 0 Å². The van der Waals surface area contributed by atoms with Crippen LogP contribution in [0.1, 0.15) is 11.6 Å². The van der Waals surface area contributed by atoms with Gasteiger partial charge in [-0.1, -0.05) is 0 Å². The molecule has 16 heavy (non-hydrogen) atoms. The first kappa shape index (κ1) is 12.6. The predicted octanol–water partition coefficient (Wildman–Crippen LogP) is 1.66. The van der Waals surface area contributed by atoms with Gasteiger partial charge >= 0.3 is 6.18 Å². The molecule has 0 amide bonds. The number of methoxy groups -OCH3 is 2. The van der Waals surface area contributed by atoms with Crippen molar-refractivity contribution in [1.82, 2.24) is 4.98 Å². The lowest BCUT2D eigenvalue weighted by molar-refractivity contribution is -0.149. The second-order valence-corrected chi connectivity index (χ2v) is 2.98. The molecule has 1 atom stereocenters. The Morgan fingerprint density at radius 3 is 1.94 bits per heavy atom. The molecule has 0 radical (unpaired) electrons. The van der Waals surface area contributed by atoms with Crippen molar-refractivity contribution in [1.29, 1.82) is 0 Å². The summed E-state index contributed by atoms with van der Waals surface area (Å²) in [4.78, 5) is 3.68. The standard InChI is InChI=1S/C9H11F3N2O2/c1-15-5-3-14-4-6(16-2)7(5)8(13)9(10,11)12/h3-4,8H,13H2,1-2H3. The molecule has 0 aliphatic heterocycles. The van der Waals surface area contributed by atoms with E-state index in [0.29, 0.717) is 0 Å². The van der Waals surface area contributed by atoms with Crippen LogP contribution >= 0.6 is 0 Å². The highest BCUT2D eigenvalue weighted by Gasteiger charge is 2.41. The van der Waals surface area contributed by atoms with Crippen LogP contribution in [0.2, 0.25) is 0 Å². The van der Waals surface area contributed by atoms with Gasteiger partial charge in [-0.3, -0.25) is 4.98 Å². The summed E-state index contributed by atoms with van der Waals surface area (Å²) in [5, 5.41) is 0. The molecule has 1 rings (SSSR count). The predicted molar refractivity (Wildman–Crippen MR) is 50.3 cm³/mol. The topological polar surface area (TPSA) is 57.4 Å². The number of rotatable bonds is 3. The van der Waals surface area contributed by atoms with Crippen molar-refractivity contribution in [3.63, 3.8) is 0 Å². The lowest BCUT2D eigenvalue weighted by atomic mass is 10.1. The third kappa shape index (κ3) is 2.35. The summed E-state index contributed by atoms with van der Waals surface area (Å²) < 4.78 is 47.1. The molecule has 0 spiro atoms. The third-order valence-corrected chi connectivity index (χ3v) is 2.02. The molecule has 0 saturated heterocycles. The van der Waals surface area contributed by atoms with E-state index in [4.69, 9.17) is 15.2 Å². The van der Waals surface area contributed by atoms with Crippen LogP contribution in [0, 0.1) is 0 Å². The summed E-state index contributed by atoms with van der Waals surface area (Å²) in [6, 6.07) is -2.17. The molecule has 0 aromatic carbocycles. The van der Waals surface area contributed by atoms with Crippen LogP contribution in [0.5, 0.6) is 11.5 Å². The molecule has 1 heterocycles. The van der Waals surface area contributed by atoms with Gasteiger partial charge in [0.2, 0.25) is 0 Å². The molecule has 7 heteroatoms. The van der Waals surface area contributed by atoms with Gasteiger partial charge in [0, 0.05) is 0 Å². The zero-order valence-electron chi connectivity index (χ0n) is 8.71. The zero-order chi connectivity index (χ0) is 12.3. The lowest BCUT2D eigenvalue weighted by Crippen LogP contribution is -2.29. The molecular weight excluding hydrogens is 225 g/mol. The zero-order valence-corrected chi connectivity index (χ0v) is 8.71. The maximum Gasteiger partial charge on any atom is 0.407 e. The van der Waals surface area contributed by atoms with Crippen molar-refractivity contribution in [2.75, 3.05) is 14.2 Å². The lowest BCUT2D eigenvalue weighted by Gasteiger charge is -2.20. The molecule has 1 aromatic heterocycles. The summed E-state index contributed by atoms with van der Waals surface area (Å²) in [5.74, 6) is -0.103. The summed E-state index contributed by atoms with van der Waals surface area (Å²) in [6.45, 7) is 0. The number of aromatic nitrogens is 1. The van der Waals surface area contributed by atoms with Gasteiger partial charge in [-0.2, -0.15) is 13.2 Å². The summed E-state index contributed by atoms with van der Waals surface area (Å²) in [5.41, 5.74) is 4.86. The minimum atomic E-state index is -4.57. The van der Waals surface area contributed by atoms with Gasteiger partial charge in [-0.05, 0) is 0 Å². The molecule has 1 unspecified atom stereocenters.